The Kier molecular flexibility index (Phi) is 6.99. The van der Waals surface area contributed by atoms with E-state index in [-0.39, 0.29) is 12.3 Å². The van der Waals surface area contributed by atoms with E-state index in [9.17, 15) is 14.4 Å². The van der Waals surface area contributed by atoms with Gasteiger partial charge in [-0.1, -0.05) is 44.2 Å². The number of rotatable bonds is 8. The zero-order chi connectivity index (χ0) is 16.5. The van der Waals surface area contributed by atoms with Crippen LogP contribution in [0.2, 0.25) is 0 Å². The largest absolute Gasteiger partial charge is 0.480 e. The summed E-state index contributed by atoms with van der Waals surface area (Å²) in [5, 5.41) is 11.6. The summed E-state index contributed by atoms with van der Waals surface area (Å²) in [5.41, 5.74) is 0.831. The van der Waals surface area contributed by atoms with Crippen LogP contribution in [0.4, 0.5) is 0 Å². The van der Waals surface area contributed by atoms with E-state index in [1.54, 1.807) is 0 Å². The predicted octanol–water partition coefficient (Wildman–Crippen LogP) is 1.55. The molecular formula is C16H20N2O4. The molecule has 0 aliphatic rings. The van der Waals surface area contributed by atoms with Crippen LogP contribution < -0.4 is 5.32 Å². The van der Waals surface area contributed by atoms with E-state index in [0.717, 1.165) is 5.56 Å². The number of hydrogen-bond acceptors (Lipinski definition) is 4. The summed E-state index contributed by atoms with van der Waals surface area (Å²) in [5.74, 6) is -1.57. The van der Waals surface area contributed by atoms with Crippen LogP contribution in [0.25, 0.3) is 0 Å². The lowest BCUT2D eigenvalue weighted by Gasteiger charge is -2.18. The number of carbonyl (C=O) groups is 2. The Bertz CT molecular complexity index is 551. The quantitative estimate of drug-likeness (QED) is 0.562. The fraction of sp³-hybridized carbons (Fsp3) is 0.438. The lowest BCUT2D eigenvalue weighted by Crippen LogP contribution is -2.46. The zero-order valence-electron chi connectivity index (χ0n) is 12.7. The highest BCUT2D eigenvalue weighted by molar-refractivity contribution is 5.87. The fourth-order valence-electron chi connectivity index (χ4n) is 2.06. The van der Waals surface area contributed by atoms with Crippen LogP contribution in [0.15, 0.2) is 35.3 Å². The van der Waals surface area contributed by atoms with E-state index in [0.29, 0.717) is 6.42 Å². The van der Waals surface area contributed by atoms with E-state index in [2.05, 4.69) is 10.3 Å². The van der Waals surface area contributed by atoms with Gasteiger partial charge in [0.1, 0.15) is 12.1 Å². The predicted molar refractivity (Wildman–Crippen MR) is 81.1 cm³/mol. The number of amides is 1. The summed E-state index contributed by atoms with van der Waals surface area (Å²) < 4.78 is 0. The van der Waals surface area contributed by atoms with Gasteiger partial charge >= 0.3 is 5.97 Å². The highest BCUT2D eigenvalue weighted by atomic mass is 16.4. The van der Waals surface area contributed by atoms with Gasteiger partial charge in [0.15, 0.2) is 0 Å². The molecule has 1 amide bonds. The van der Waals surface area contributed by atoms with Gasteiger partial charge < -0.3 is 10.4 Å². The van der Waals surface area contributed by atoms with Gasteiger partial charge in [0.25, 0.3) is 0 Å². The van der Waals surface area contributed by atoms with Gasteiger partial charge in [-0.05, 0) is 17.9 Å². The van der Waals surface area contributed by atoms with Crippen LogP contribution in [0.3, 0.4) is 0 Å². The number of isocyanates is 1. The summed E-state index contributed by atoms with van der Waals surface area (Å²) in [6.07, 6.45) is 1.91. The number of carboxylic acids is 1. The highest BCUT2D eigenvalue weighted by Gasteiger charge is 2.25. The van der Waals surface area contributed by atoms with Crippen molar-refractivity contribution in [2.75, 3.05) is 0 Å². The molecule has 0 bridgehead atoms. The summed E-state index contributed by atoms with van der Waals surface area (Å²) in [4.78, 5) is 37.4. The lowest BCUT2D eigenvalue weighted by molar-refractivity contribution is -0.142. The number of nitrogens with one attached hydrogen (secondary N) is 1. The molecule has 0 aromatic heterocycles. The molecule has 2 atom stereocenters. The van der Waals surface area contributed by atoms with Crippen LogP contribution in [0.5, 0.6) is 0 Å². The molecule has 0 radical (unpaired) electrons. The van der Waals surface area contributed by atoms with Crippen molar-refractivity contribution in [2.24, 2.45) is 10.9 Å². The molecule has 1 aromatic rings. The molecule has 1 aromatic carbocycles. The molecule has 0 spiro atoms. The Morgan fingerprint density at radius 1 is 1.27 bits per heavy atom. The minimum atomic E-state index is -1.10. The smallest absolute Gasteiger partial charge is 0.326 e. The number of aliphatic carboxylic acids is 1. The first-order valence-electron chi connectivity index (χ1n) is 7.08. The van der Waals surface area contributed by atoms with Gasteiger partial charge in [-0.2, -0.15) is 4.99 Å². The first-order valence-corrected chi connectivity index (χ1v) is 7.08. The van der Waals surface area contributed by atoms with Gasteiger partial charge in [0, 0.05) is 6.42 Å². The van der Waals surface area contributed by atoms with Crippen LogP contribution in [-0.2, 0) is 20.8 Å². The van der Waals surface area contributed by atoms with Crippen LogP contribution >= 0.6 is 0 Å². The van der Waals surface area contributed by atoms with Crippen LogP contribution in [-0.4, -0.2) is 35.1 Å². The molecule has 1 rings (SSSR count). The van der Waals surface area contributed by atoms with Crippen molar-refractivity contribution in [3.05, 3.63) is 35.9 Å². The molecule has 118 valence electrons. The third-order valence-electron chi connectivity index (χ3n) is 3.10. The second kappa shape index (κ2) is 8.74. The summed E-state index contributed by atoms with van der Waals surface area (Å²) in [7, 11) is 0. The number of carboxylic acid groups (broad SMARTS) is 1. The SMILES string of the molecule is CC(C)C[C@H](NC(=O)[C@H](Cc1ccccc1)N=C=O)C(=O)O. The summed E-state index contributed by atoms with van der Waals surface area (Å²) in [6, 6.07) is 7.11. The third-order valence-corrected chi connectivity index (χ3v) is 3.10. The van der Waals surface area contributed by atoms with Crippen LogP contribution in [0.1, 0.15) is 25.8 Å². The zero-order valence-corrected chi connectivity index (χ0v) is 12.7. The Morgan fingerprint density at radius 3 is 2.41 bits per heavy atom. The maximum atomic E-state index is 12.2. The molecule has 22 heavy (non-hydrogen) atoms. The number of benzene rings is 1. The molecule has 6 nitrogen and oxygen atoms in total. The van der Waals surface area contributed by atoms with Crippen molar-refractivity contribution in [3.8, 4) is 0 Å². The molecule has 2 N–H and O–H groups in total. The second-order valence-corrected chi connectivity index (χ2v) is 5.45. The number of hydrogen-bond donors (Lipinski definition) is 2. The maximum Gasteiger partial charge on any atom is 0.326 e. The van der Waals surface area contributed by atoms with Crippen LogP contribution in [0, 0.1) is 5.92 Å². The number of nitrogens with zero attached hydrogens (tertiary/aromatic N) is 1. The minimum Gasteiger partial charge on any atom is -0.480 e. The van der Waals surface area contributed by atoms with E-state index in [1.165, 1.54) is 6.08 Å². The Balaban J connectivity index is 2.80. The van der Waals surface area contributed by atoms with Crippen molar-refractivity contribution >= 4 is 18.0 Å². The summed E-state index contributed by atoms with van der Waals surface area (Å²) in [6.45, 7) is 3.74. The van der Waals surface area contributed by atoms with E-state index in [1.807, 2.05) is 44.2 Å². The maximum absolute atomic E-state index is 12.2. The van der Waals surface area contributed by atoms with Crippen molar-refractivity contribution in [2.45, 2.75) is 38.8 Å². The van der Waals surface area contributed by atoms with Gasteiger partial charge in [-0.25, -0.2) is 9.59 Å². The van der Waals surface area contributed by atoms with E-state index >= 15 is 0 Å². The molecule has 0 heterocycles. The number of aliphatic imine (C=N–C) groups is 1. The average Bonchev–Trinajstić information content (AvgIpc) is 2.46. The molecule has 0 saturated carbocycles. The van der Waals surface area contributed by atoms with Gasteiger partial charge in [0.05, 0.1) is 0 Å². The Labute approximate surface area is 129 Å². The fourth-order valence-corrected chi connectivity index (χ4v) is 2.06. The Morgan fingerprint density at radius 2 is 1.91 bits per heavy atom. The second-order valence-electron chi connectivity index (χ2n) is 5.45. The first kappa shape index (κ1) is 17.6. The van der Waals surface area contributed by atoms with Crippen molar-refractivity contribution in [1.29, 1.82) is 0 Å². The minimum absolute atomic E-state index is 0.114. The van der Waals surface area contributed by atoms with E-state index in [4.69, 9.17) is 5.11 Å². The molecule has 0 fully saturated rings. The monoisotopic (exact) mass is 304 g/mol. The van der Waals surface area contributed by atoms with Crippen molar-refractivity contribution < 1.29 is 19.5 Å². The van der Waals surface area contributed by atoms with Gasteiger partial charge in [0.2, 0.25) is 12.0 Å². The third kappa shape index (κ3) is 5.89. The molecule has 0 aliphatic heterocycles. The van der Waals surface area contributed by atoms with Gasteiger partial charge in [-0.15, -0.1) is 0 Å². The molecule has 0 saturated heterocycles. The molecular weight excluding hydrogens is 284 g/mol. The van der Waals surface area contributed by atoms with Gasteiger partial charge in [-0.3, -0.25) is 4.79 Å². The average molecular weight is 304 g/mol. The Hall–Kier alpha value is -2.46. The lowest BCUT2D eigenvalue weighted by atomic mass is 10.0. The molecule has 0 aliphatic carbocycles. The molecule has 6 heteroatoms. The first-order chi connectivity index (χ1) is 10.4. The molecule has 0 unspecified atom stereocenters. The van der Waals surface area contributed by atoms with E-state index < -0.39 is 24.0 Å². The number of carbonyl (C=O) groups excluding carboxylic acids is 2. The standard InChI is InChI=1S/C16H20N2O4/c1-11(2)8-14(16(21)22)18-15(20)13(17-10-19)9-12-6-4-3-5-7-12/h3-7,11,13-14H,8-9H2,1-2H3,(H,18,20)(H,21,22)/t13-,14-/m0/s1. The normalized spacial score (nSPS) is 13.0. The topological polar surface area (TPSA) is 95.8 Å². The van der Waals surface area contributed by atoms with Crippen molar-refractivity contribution in [1.82, 2.24) is 5.32 Å². The summed E-state index contributed by atoms with van der Waals surface area (Å²) >= 11 is 0. The highest BCUT2D eigenvalue weighted by Crippen LogP contribution is 2.09. The van der Waals surface area contributed by atoms with Crippen molar-refractivity contribution in [3.63, 3.8) is 0 Å².